The van der Waals surface area contributed by atoms with Gasteiger partial charge >= 0.3 is 5.97 Å². The molecule has 1 aromatic rings. The molecule has 1 aromatic heterocycles. The monoisotopic (exact) mass is 207 g/mol. The molecule has 0 bridgehead atoms. The summed E-state index contributed by atoms with van der Waals surface area (Å²) in [6, 6.07) is 0. The van der Waals surface area contributed by atoms with E-state index < -0.39 is 21.5 Å². The van der Waals surface area contributed by atoms with Crippen LogP contribution in [0.5, 0.6) is 0 Å². The summed E-state index contributed by atoms with van der Waals surface area (Å²) in [5, 5.41) is 9.70. The molecule has 0 radical (unpaired) electrons. The largest absolute Gasteiger partial charge is 0.476 e. The van der Waals surface area contributed by atoms with Crippen molar-refractivity contribution in [1.82, 2.24) is 4.37 Å². The van der Waals surface area contributed by atoms with Crippen LogP contribution in [0.3, 0.4) is 0 Å². The second-order valence-electron chi connectivity index (χ2n) is 2.10. The van der Waals surface area contributed by atoms with Gasteiger partial charge in [-0.15, -0.1) is 0 Å². The molecule has 0 spiro atoms. The van der Waals surface area contributed by atoms with Crippen LogP contribution in [-0.4, -0.2) is 30.1 Å². The van der Waals surface area contributed by atoms with E-state index in [1.165, 1.54) is 5.38 Å². The molecule has 1 heterocycles. The van der Waals surface area contributed by atoms with Crippen LogP contribution in [0.15, 0.2) is 10.3 Å². The van der Waals surface area contributed by atoms with Crippen LogP contribution in [0.25, 0.3) is 0 Å². The van der Waals surface area contributed by atoms with Crippen molar-refractivity contribution in [3.8, 4) is 0 Å². The van der Waals surface area contributed by atoms with Crippen LogP contribution in [0.1, 0.15) is 10.5 Å². The molecule has 12 heavy (non-hydrogen) atoms. The summed E-state index contributed by atoms with van der Waals surface area (Å²) < 4.78 is 25.3. The fourth-order valence-corrected chi connectivity index (χ4v) is 2.55. The van der Waals surface area contributed by atoms with Gasteiger partial charge in [0.15, 0.2) is 15.5 Å². The van der Waals surface area contributed by atoms with Crippen molar-refractivity contribution in [1.29, 1.82) is 0 Å². The summed E-state index contributed by atoms with van der Waals surface area (Å²) in [6.45, 7) is 0. The van der Waals surface area contributed by atoms with Crippen molar-refractivity contribution in [2.75, 3.05) is 6.26 Å². The number of rotatable bonds is 2. The van der Waals surface area contributed by atoms with Gasteiger partial charge in [0.05, 0.1) is 0 Å². The van der Waals surface area contributed by atoms with Crippen molar-refractivity contribution in [3.05, 3.63) is 11.1 Å². The maximum absolute atomic E-state index is 10.9. The van der Waals surface area contributed by atoms with Crippen molar-refractivity contribution in [2.45, 2.75) is 4.90 Å². The van der Waals surface area contributed by atoms with Gasteiger partial charge in [0.1, 0.15) is 4.90 Å². The van der Waals surface area contributed by atoms with Gasteiger partial charge in [0, 0.05) is 11.6 Å². The van der Waals surface area contributed by atoms with E-state index in [1.54, 1.807) is 0 Å². The van der Waals surface area contributed by atoms with Gasteiger partial charge in [-0.25, -0.2) is 13.2 Å². The van der Waals surface area contributed by atoms with Crippen LogP contribution < -0.4 is 0 Å². The molecule has 0 atom stereocenters. The van der Waals surface area contributed by atoms with Gasteiger partial charge in [0.2, 0.25) is 0 Å². The average Bonchev–Trinajstić information content (AvgIpc) is 2.30. The lowest BCUT2D eigenvalue weighted by Gasteiger charge is -1.92. The third-order valence-corrected chi connectivity index (χ3v) is 3.03. The Kier molecular flexibility index (Phi) is 2.16. The van der Waals surface area contributed by atoms with E-state index in [2.05, 4.69) is 4.37 Å². The SMILES string of the molecule is CS(=O)(=O)c1csnc1C(=O)O. The Morgan fingerprint density at radius 3 is 2.58 bits per heavy atom. The highest BCUT2D eigenvalue weighted by atomic mass is 32.2. The zero-order chi connectivity index (χ0) is 9.35. The normalized spacial score (nSPS) is 11.4. The number of sulfone groups is 1. The number of hydrogen-bond donors (Lipinski definition) is 1. The standard InChI is InChI=1S/C5H5NO4S2/c1-12(9,10)3-2-11-6-4(3)5(7)8/h2H,1H3,(H,7,8). The minimum Gasteiger partial charge on any atom is -0.476 e. The molecule has 0 aliphatic carbocycles. The third kappa shape index (κ3) is 1.62. The van der Waals surface area contributed by atoms with E-state index in [9.17, 15) is 13.2 Å². The molecule has 66 valence electrons. The predicted molar refractivity (Wildman–Crippen MR) is 42.2 cm³/mol. The van der Waals surface area contributed by atoms with Gasteiger partial charge < -0.3 is 5.11 Å². The lowest BCUT2D eigenvalue weighted by atomic mass is 10.4. The quantitative estimate of drug-likeness (QED) is 0.751. The summed E-state index contributed by atoms with van der Waals surface area (Å²) in [7, 11) is -3.47. The maximum Gasteiger partial charge on any atom is 0.356 e. The van der Waals surface area contributed by atoms with E-state index >= 15 is 0 Å². The molecule has 1 N–H and O–H groups in total. The summed E-state index contributed by atoms with van der Waals surface area (Å²) in [5.41, 5.74) is -0.400. The molecular formula is C5H5NO4S2. The third-order valence-electron chi connectivity index (χ3n) is 1.14. The number of carbonyl (C=O) groups is 1. The fraction of sp³-hybridized carbons (Fsp3) is 0.200. The number of nitrogens with zero attached hydrogens (tertiary/aromatic N) is 1. The van der Waals surface area contributed by atoms with E-state index in [0.29, 0.717) is 0 Å². The molecule has 0 amide bonds. The van der Waals surface area contributed by atoms with Crippen LogP contribution in [0.2, 0.25) is 0 Å². The molecule has 0 saturated heterocycles. The molecule has 0 aromatic carbocycles. The van der Waals surface area contributed by atoms with Crippen LogP contribution >= 0.6 is 11.5 Å². The fourth-order valence-electron chi connectivity index (χ4n) is 0.635. The predicted octanol–water partition coefficient (Wildman–Crippen LogP) is 0.245. The first-order valence-electron chi connectivity index (χ1n) is 2.80. The second-order valence-corrected chi connectivity index (χ2v) is 4.72. The zero-order valence-corrected chi connectivity index (χ0v) is 7.65. The minimum absolute atomic E-state index is 0.222. The van der Waals surface area contributed by atoms with Gasteiger partial charge in [-0.1, -0.05) is 0 Å². The number of carboxylic acids is 1. The van der Waals surface area contributed by atoms with Gasteiger partial charge in [-0.3, -0.25) is 0 Å². The topological polar surface area (TPSA) is 84.3 Å². The van der Waals surface area contributed by atoms with Crippen molar-refractivity contribution in [2.24, 2.45) is 0 Å². The average molecular weight is 207 g/mol. The molecule has 0 aliphatic heterocycles. The van der Waals surface area contributed by atoms with E-state index in [4.69, 9.17) is 5.11 Å². The summed E-state index contributed by atoms with van der Waals surface area (Å²) in [4.78, 5) is 10.2. The molecule has 0 aliphatic rings. The molecule has 0 saturated carbocycles. The van der Waals surface area contributed by atoms with Gasteiger partial charge in [-0.2, -0.15) is 4.37 Å². The minimum atomic E-state index is -3.47. The summed E-state index contributed by atoms with van der Waals surface area (Å²) in [6.07, 6.45) is 0.948. The number of aromatic carboxylic acids is 1. The Bertz CT molecular complexity index is 405. The first-order chi connectivity index (χ1) is 5.43. The highest BCUT2D eigenvalue weighted by Crippen LogP contribution is 2.16. The Hall–Kier alpha value is -0.950. The highest BCUT2D eigenvalue weighted by molar-refractivity contribution is 7.90. The van der Waals surface area contributed by atoms with E-state index in [-0.39, 0.29) is 4.90 Å². The Balaban J connectivity index is 3.36. The Morgan fingerprint density at radius 2 is 2.25 bits per heavy atom. The van der Waals surface area contributed by atoms with Crippen LogP contribution in [-0.2, 0) is 9.84 Å². The highest BCUT2D eigenvalue weighted by Gasteiger charge is 2.20. The Morgan fingerprint density at radius 1 is 1.67 bits per heavy atom. The smallest absolute Gasteiger partial charge is 0.356 e. The lowest BCUT2D eigenvalue weighted by molar-refractivity contribution is 0.0687. The number of aromatic nitrogens is 1. The number of carboxylic acid groups (broad SMARTS) is 1. The first-order valence-corrected chi connectivity index (χ1v) is 5.53. The summed E-state index contributed by atoms with van der Waals surface area (Å²) >= 11 is 0.811. The summed E-state index contributed by atoms with van der Waals surface area (Å²) in [5.74, 6) is -1.32. The zero-order valence-electron chi connectivity index (χ0n) is 6.01. The maximum atomic E-state index is 10.9. The molecule has 0 fully saturated rings. The lowest BCUT2D eigenvalue weighted by Crippen LogP contribution is -2.05. The van der Waals surface area contributed by atoms with Crippen molar-refractivity contribution >= 4 is 27.3 Å². The van der Waals surface area contributed by atoms with Crippen molar-refractivity contribution in [3.63, 3.8) is 0 Å². The van der Waals surface area contributed by atoms with E-state index in [1.807, 2.05) is 0 Å². The van der Waals surface area contributed by atoms with Crippen LogP contribution in [0.4, 0.5) is 0 Å². The van der Waals surface area contributed by atoms with Gasteiger partial charge in [-0.05, 0) is 11.5 Å². The second kappa shape index (κ2) is 2.83. The number of hydrogen-bond acceptors (Lipinski definition) is 5. The van der Waals surface area contributed by atoms with Crippen molar-refractivity contribution < 1.29 is 18.3 Å². The Labute approximate surface area is 72.7 Å². The van der Waals surface area contributed by atoms with Gasteiger partial charge in [0.25, 0.3) is 0 Å². The first kappa shape index (κ1) is 9.14. The van der Waals surface area contributed by atoms with E-state index in [0.717, 1.165) is 17.8 Å². The molecule has 5 nitrogen and oxygen atoms in total. The molecular weight excluding hydrogens is 202 g/mol. The molecule has 1 rings (SSSR count). The molecule has 7 heteroatoms. The molecule has 0 unspecified atom stereocenters. The van der Waals surface area contributed by atoms with Crippen LogP contribution in [0, 0.1) is 0 Å².